The molecule has 0 fully saturated rings. The number of nitro benzene ring substituents is 1. The summed E-state index contributed by atoms with van der Waals surface area (Å²) in [6, 6.07) is 10.2. The molecule has 9 nitrogen and oxygen atoms in total. The molecular weight excluding hydrogens is 378 g/mol. The van der Waals surface area contributed by atoms with Gasteiger partial charge in [-0.25, -0.2) is 4.79 Å². The predicted molar refractivity (Wildman–Crippen MR) is 99.0 cm³/mol. The van der Waals surface area contributed by atoms with Gasteiger partial charge in [0.05, 0.1) is 17.1 Å². The van der Waals surface area contributed by atoms with Crippen LogP contribution in [0.3, 0.4) is 0 Å². The average molecular weight is 394 g/mol. The summed E-state index contributed by atoms with van der Waals surface area (Å²) in [4.78, 5) is 34.5. The minimum absolute atomic E-state index is 0.0598. The number of benzene rings is 2. The highest BCUT2D eigenvalue weighted by atomic mass is 35.5. The zero-order chi connectivity index (χ0) is 19.8. The molecule has 2 rings (SSSR count). The van der Waals surface area contributed by atoms with Crippen molar-refractivity contribution >= 4 is 40.5 Å². The van der Waals surface area contributed by atoms with Gasteiger partial charge in [-0.3, -0.25) is 14.9 Å². The molecule has 0 unspecified atom stereocenters. The molecule has 0 bridgehead atoms. The maximum absolute atomic E-state index is 12.2. The summed E-state index contributed by atoms with van der Waals surface area (Å²) in [5.41, 5.74) is 0.206. The van der Waals surface area contributed by atoms with E-state index in [0.717, 1.165) is 6.07 Å². The number of halogens is 1. The number of esters is 1. The summed E-state index contributed by atoms with van der Waals surface area (Å²) in [7, 11) is 0. The van der Waals surface area contributed by atoms with E-state index in [2.05, 4.69) is 10.6 Å². The Balaban J connectivity index is 2.00. The van der Waals surface area contributed by atoms with Gasteiger partial charge in [0.15, 0.2) is 6.61 Å². The Bertz CT molecular complexity index is 858. The lowest BCUT2D eigenvalue weighted by Gasteiger charge is -2.11. The quantitative estimate of drug-likeness (QED) is 0.356. The molecule has 1 amide bonds. The first kappa shape index (κ1) is 20.1. The largest absolute Gasteiger partial charge is 0.452 e. The maximum atomic E-state index is 12.2. The number of aliphatic hydroxyl groups excluding tert-OH is 1. The second kappa shape index (κ2) is 9.51. The fourth-order valence-corrected chi connectivity index (χ4v) is 2.33. The highest BCUT2D eigenvalue weighted by molar-refractivity contribution is 6.31. The molecule has 0 aromatic heterocycles. The fraction of sp³-hybridized carbons (Fsp3) is 0.176. The summed E-state index contributed by atoms with van der Waals surface area (Å²) >= 11 is 5.71. The monoisotopic (exact) mass is 393 g/mol. The Kier molecular flexibility index (Phi) is 7.09. The van der Waals surface area contributed by atoms with Crippen LogP contribution in [0.25, 0.3) is 0 Å². The van der Waals surface area contributed by atoms with Gasteiger partial charge in [0.1, 0.15) is 5.69 Å². The van der Waals surface area contributed by atoms with Crippen LogP contribution in [0, 0.1) is 10.1 Å². The van der Waals surface area contributed by atoms with Crippen LogP contribution < -0.4 is 10.6 Å². The minimum Gasteiger partial charge on any atom is -0.452 e. The standard InChI is InChI=1S/C17H16ClN3O6/c18-11-5-6-14(15(9-11)21(25)26)20-16(23)10-27-17(24)12-3-1-2-4-13(12)19-7-8-22/h1-6,9,19,22H,7-8,10H2,(H,20,23). The fourth-order valence-electron chi connectivity index (χ4n) is 2.16. The first-order valence-corrected chi connectivity index (χ1v) is 8.15. The molecule has 10 heteroatoms. The van der Waals surface area contributed by atoms with E-state index in [1.165, 1.54) is 18.2 Å². The number of aliphatic hydroxyl groups is 1. The highest BCUT2D eigenvalue weighted by Crippen LogP contribution is 2.27. The van der Waals surface area contributed by atoms with Gasteiger partial charge >= 0.3 is 5.97 Å². The Hall–Kier alpha value is -3.17. The number of nitrogens with one attached hydrogen (secondary N) is 2. The number of carbonyl (C=O) groups is 2. The Morgan fingerprint density at radius 1 is 1.19 bits per heavy atom. The second-order valence-electron chi connectivity index (χ2n) is 5.24. The van der Waals surface area contributed by atoms with Crippen LogP contribution in [0.5, 0.6) is 0 Å². The van der Waals surface area contributed by atoms with Crippen molar-refractivity contribution in [1.29, 1.82) is 0 Å². The van der Waals surface area contributed by atoms with E-state index in [1.54, 1.807) is 18.2 Å². The van der Waals surface area contributed by atoms with Crippen LogP contribution in [0.1, 0.15) is 10.4 Å². The predicted octanol–water partition coefficient (Wildman–Crippen LogP) is 2.45. The average Bonchev–Trinajstić information content (AvgIpc) is 2.66. The third-order valence-corrected chi connectivity index (χ3v) is 3.57. The van der Waals surface area contributed by atoms with Gasteiger partial charge in [0.2, 0.25) is 0 Å². The summed E-state index contributed by atoms with van der Waals surface area (Å²) in [5.74, 6) is -1.49. The van der Waals surface area contributed by atoms with E-state index in [1.807, 2.05) is 0 Å². The molecule has 0 saturated carbocycles. The smallest absolute Gasteiger partial charge is 0.340 e. The number of amides is 1. The summed E-state index contributed by atoms with van der Waals surface area (Å²) in [6.45, 7) is -0.510. The van der Waals surface area contributed by atoms with Crippen molar-refractivity contribution in [2.45, 2.75) is 0 Å². The number of rotatable bonds is 8. The van der Waals surface area contributed by atoms with Gasteiger partial charge in [-0.05, 0) is 24.3 Å². The zero-order valence-corrected chi connectivity index (χ0v) is 14.7. The van der Waals surface area contributed by atoms with E-state index in [-0.39, 0.29) is 35.1 Å². The van der Waals surface area contributed by atoms with Crippen LogP contribution in [0.4, 0.5) is 17.1 Å². The minimum atomic E-state index is -0.753. The number of nitro groups is 1. The summed E-state index contributed by atoms with van der Waals surface area (Å²) < 4.78 is 4.96. The van der Waals surface area contributed by atoms with E-state index < -0.39 is 23.4 Å². The number of para-hydroxylation sites is 1. The van der Waals surface area contributed by atoms with Crippen molar-refractivity contribution < 1.29 is 24.4 Å². The van der Waals surface area contributed by atoms with Crippen LogP contribution in [0.2, 0.25) is 5.02 Å². The van der Waals surface area contributed by atoms with Crippen LogP contribution >= 0.6 is 11.6 Å². The van der Waals surface area contributed by atoms with Crippen molar-refractivity contribution in [3.8, 4) is 0 Å². The number of anilines is 2. The third-order valence-electron chi connectivity index (χ3n) is 3.34. The molecule has 2 aromatic rings. The van der Waals surface area contributed by atoms with Gasteiger partial charge in [-0.15, -0.1) is 0 Å². The van der Waals surface area contributed by atoms with Crippen LogP contribution in [-0.4, -0.2) is 41.7 Å². The molecular formula is C17H16ClN3O6. The molecule has 0 saturated heterocycles. The Morgan fingerprint density at radius 2 is 1.93 bits per heavy atom. The number of nitrogens with zero attached hydrogens (tertiary/aromatic N) is 1. The highest BCUT2D eigenvalue weighted by Gasteiger charge is 2.18. The van der Waals surface area contributed by atoms with E-state index in [0.29, 0.717) is 5.69 Å². The SMILES string of the molecule is O=C(COC(=O)c1ccccc1NCCO)Nc1ccc(Cl)cc1[N+](=O)[O-]. The van der Waals surface area contributed by atoms with Crippen molar-refractivity contribution in [3.63, 3.8) is 0 Å². The molecule has 3 N–H and O–H groups in total. The van der Waals surface area contributed by atoms with Crippen LogP contribution in [0.15, 0.2) is 42.5 Å². The molecule has 0 heterocycles. The number of carbonyl (C=O) groups excluding carboxylic acids is 2. The lowest BCUT2D eigenvalue weighted by Crippen LogP contribution is -2.22. The van der Waals surface area contributed by atoms with Gasteiger partial charge in [0.25, 0.3) is 11.6 Å². The van der Waals surface area contributed by atoms with E-state index >= 15 is 0 Å². The van der Waals surface area contributed by atoms with Crippen molar-refractivity contribution in [1.82, 2.24) is 0 Å². The molecule has 0 radical (unpaired) electrons. The van der Waals surface area contributed by atoms with Crippen molar-refractivity contribution in [2.24, 2.45) is 0 Å². The lowest BCUT2D eigenvalue weighted by molar-refractivity contribution is -0.383. The van der Waals surface area contributed by atoms with Gasteiger partial charge in [-0.2, -0.15) is 0 Å². The van der Waals surface area contributed by atoms with Crippen LogP contribution in [-0.2, 0) is 9.53 Å². The molecule has 0 aliphatic carbocycles. The normalized spacial score (nSPS) is 10.1. The summed E-state index contributed by atoms with van der Waals surface area (Å²) in [5, 5.41) is 25.2. The van der Waals surface area contributed by atoms with Crippen molar-refractivity contribution in [2.75, 3.05) is 30.4 Å². The van der Waals surface area contributed by atoms with Gasteiger partial charge in [-0.1, -0.05) is 23.7 Å². The number of hydrogen-bond donors (Lipinski definition) is 3. The maximum Gasteiger partial charge on any atom is 0.340 e. The zero-order valence-electron chi connectivity index (χ0n) is 14.0. The molecule has 142 valence electrons. The topological polar surface area (TPSA) is 131 Å². The molecule has 0 aliphatic rings. The van der Waals surface area contributed by atoms with Gasteiger partial charge < -0.3 is 20.5 Å². The van der Waals surface area contributed by atoms with E-state index in [9.17, 15) is 19.7 Å². The Morgan fingerprint density at radius 3 is 2.63 bits per heavy atom. The second-order valence-corrected chi connectivity index (χ2v) is 5.68. The van der Waals surface area contributed by atoms with Crippen molar-refractivity contribution in [3.05, 3.63) is 63.2 Å². The molecule has 0 atom stereocenters. The Labute approximate surface area is 159 Å². The number of ether oxygens (including phenoxy) is 1. The number of hydrogen-bond acceptors (Lipinski definition) is 7. The lowest BCUT2D eigenvalue weighted by atomic mass is 10.2. The van der Waals surface area contributed by atoms with Gasteiger partial charge in [0, 0.05) is 23.3 Å². The molecule has 2 aromatic carbocycles. The first-order valence-electron chi connectivity index (χ1n) is 7.77. The third kappa shape index (κ3) is 5.66. The molecule has 27 heavy (non-hydrogen) atoms. The molecule has 0 spiro atoms. The molecule has 0 aliphatic heterocycles. The first-order chi connectivity index (χ1) is 12.9. The summed E-state index contributed by atoms with van der Waals surface area (Å²) in [6.07, 6.45) is 0. The van der Waals surface area contributed by atoms with E-state index in [4.69, 9.17) is 21.4 Å².